The largest absolute Gasteiger partial charge is 0.457 e. The molecule has 0 aliphatic carbocycles. The molecule has 0 saturated carbocycles. The molecule has 2 N–H and O–H groups in total. The molecule has 0 saturated heterocycles. The van der Waals surface area contributed by atoms with E-state index in [1.165, 1.54) is 0 Å². The molecule has 24 heavy (non-hydrogen) atoms. The van der Waals surface area contributed by atoms with Crippen LogP contribution in [0.5, 0.6) is 11.5 Å². The lowest BCUT2D eigenvalue weighted by Crippen LogP contribution is -2.21. The van der Waals surface area contributed by atoms with Gasteiger partial charge in [-0.25, -0.2) is 0 Å². The minimum atomic E-state index is -0.505. The minimum absolute atomic E-state index is 0.505. The minimum Gasteiger partial charge on any atom is -0.457 e. The molecule has 3 heteroatoms. The smallest absolute Gasteiger partial charge is 0.127 e. The highest BCUT2D eigenvalue weighted by molar-refractivity contribution is 5.33. The summed E-state index contributed by atoms with van der Waals surface area (Å²) in [4.78, 5) is 0. The van der Waals surface area contributed by atoms with Crippen molar-refractivity contribution in [1.82, 2.24) is 5.32 Å². The number of aliphatic hydroxyl groups excluding tert-OH is 1. The highest BCUT2D eigenvalue weighted by atomic mass is 16.5. The predicted molar refractivity (Wildman–Crippen MR) is 96.1 cm³/mol. The van der Waals surface area contributed by atoms with Crippen molar-refractivity contribution in [2.45, 2.75) is 12.6 Å². The monoisotopic (exact) mass is 319 g/mol. The van der Waals surface area contributed by atoms with E-state index in [0.29, 0.717) is 13.1 Å². The molecule has 0 heterocycles. The lowest BCUT2D eigenvalue weighted by molar-refractivity contribution is 0.174. The Labute approximate surface area is 142 Å². The summed E-state index contributed by atoms with van der Waals surface area (Å²) in [6.07, 6.45) is -0.505. The Morgan fingerprint density at radius 1 is 0.792 bits per heavy atom. The molecule has 0 bridgehead atoms. The third-order valence-electron chi connectivity index (χ3n) is 3.73. The van der Waals surface area contributed by atoms with Crippen molar-refractivity contribution in [2.75, 3.05) is 6.54 Å². The number of hydrogen-bond donors (Lipinski definition) is 2. The molecule has 0 aliphatic rings. The van der Waals surface area contributed by atoms with Crippen LogP contribution in [-0.2, 0) is 6.54 Å². The van der Waals surface area contributed by atoms with E-state index in [1.54, 1.807) is 0 Å². The van der Waals surface area contributed by atoms with E-state index in [0.717, 1.165) is 22.6 Å². The van der Waals surface area contributed by atoms with Gasteiger partial charge in [0.2, 0.25) is 0 Å². The van der Waals surface area contributed by atoms with Crippen molar-refractivity contribution in [3.05, 3.63) is 96.1 Å². The number of ether oxygens (including phenoxy) is 1. The van der Waals surface area contributed by atoms with Gasteiger partial charge in [-0.1, -0.05) is 60.7 Å². The Morgan fingerprint density at radius 2 is 1.46 bits per heavy atom. The summed E-state index contributed by atoms with van der Waals surface area (Å²) in [6, 6.07) is 27.4. The van der Waals surface area contributed by atoms with Crippen molar-refractivity contribution < 1.29 is 9.84 Å². The highest BCUT2D eigenvalue weighted by Gasteiger charge is 2.06. The van der Waals surface area contributed by atoms with Crippen LogP contribution in [0.4, 0.5) is 0 Å². The Morgan fingerprint density at radius 3 is 2.21 bits per heavy atom. The second kappa shape index (κ2) is 8.29. The Balaban J connectivity index is 1.53. The molecule has 0 amide bonds. The van der Waals surface area contributed by atoms with E-state index in [-0.39, 0.29) is 0 Å². The summed E-state index contributed by atoms with van der Waals surface area (Å²) in [7, 11) is 0. The van der Waals surface area contributed by atoms with Gasteiger partial charge in [0.25, 0.3) is 0 Å². The van der Waals surface area contributed by atoms with Crippen molar-refractivity contribution in [3.63, 3.8) is 0 Å². The lowest BCUT2D eigenvalue weighted by atomic mass is 10.1. The topological polar surface area (TPSA) is 41.5 Å². The molecule has 0 aliphatic heterocycles. The van der Waals surface area contributed by atoms with Crippen LogP contribution in [0.2, 0.25) is 0 Å². The van der Waals surface area contributed by atoms with Gasteiger partial charge in [0, 0.05) is 13.1 Å². The first kappa shape index (κ1) is 16.2. The maximum absolute atomic E-state index is 10.2. The van der Waals surface area contributed by atoms with Gasteiger partial charge in [-0.2, -0.15) is 0 Å². The molecule has 1 unspecified atom stereocenters. The molecule has 1 atom stereocenters. The number of hydrogen-bond acceptors (Lipinski definition) is 3. The lowest BCUT2D eigenvalue weighted by Gasteiger charge is -2.13. The summed E-state index contributed by atoms with van der Waals surface area (Å²) >= 11 is 0. The van der Waals surface area contributed by atoms with Gasteiger partial charge in [-0.3, -0.25) is 0 Å². The molecular formula is C21H21NO2. The molecule has 0 spiro atoms. The number of rotatable bonds is 7. The van der Waals surface area contributed by atoms with Crippen LogP contribution in [0.3, 0.4) is 0 Å². The first-order valence-electron chi connectivity index (χ1n) is 8.07. The van der Waals surface area contributed by atoms with Crippen molar-refractivity contribution in [2.24, 2.45) is 0 Å². The van der Waals surface area contributed by atoms with Crippen LogP contribution >= 0.6 is 0 Å². The quantitative estimate of drug-likeness (QED) is 0.682. The average molecular weight is 319 g/mol. The van der Waals surface area contributed by atoms with E-state index >= 15 is 0 Å². The molecule has 0 radical (unpaired) electrons. The predicted octanol–water partition coefficient (Wildman–Crippen LogP) is 4.30. The number of nitrogens with one attached hydrogen (secondary N) is 1. The van der Waals surface area contributed by atoms with E-state index in [9.17, 15) is 5.11 Å². The summed E-state index contributed by atoms with van der Waals surface area (Å²) < 4.78 is 5.84. The fourth-order valence-electron chi connectivity index (χ4n) is 2.49. The summed E-state index contributed by atoms with van der Waals surface area (Å²) in [5.74, 6) is 1.63. The number of para-hydroxylation sites is 1. The Hall–Kier alpha value is -2.62. The zero-order chi connectivity index (χ0) is 16.6. The fraction of sp³-hybridized carbons (Fsp3) is 0.143. The van der Waals surface area contributed by atoms with E-state index in [4.69, 9.17) is 4.74 Å². The van der Waals surface area contributed by atoms with E-state index < -0.39 is 6.10 Å². The van der Waals surface area contributed by atoms with Crippen LogP contribution in [0.1, 0.15) is 17.2 Å². The second-order valence-corrected chi connectivity index (χ2v) is 5.62. The second-order valence-electron chi connectivity index (χ2n) is 5.62. The fourth-order valence-corrected chi connectivity index (χ4v) is 2.49. The van der Waals surface area contributed by atoms with Crippen LogP contribution < -0.4 is 10.1 Å². The molecule has 3 nitrogen and oxygen atoms in total. The molecule has 0 aromatic heterocycles. The zero-order valence-corrected chi connectivity index (χ0v) is 13.4. The van der Waals surface area contributed by atoms with Gasteiger partial charge < -0.3 is 15.2 Å². The molecule has 3 aromatic carbocycles. The number of aliphatic hydroxyl groups is 1. The standard InChI is InChI=1S/C21H21NO2/c23-21(18-9-3-1-4-10-18)16-22-15-17-8-7-13-20(14-17)24-19-11-5-2-6-12-19/h1-14,21-23H,15-16H2. The van der Waals surface area contributed by atoms with Crippen molar-refractivity contribution in [3.8, 4) is 11.5 Å². The first-order valence-corrected chi connectivity index (χ1v) is 8.07. The van der Waals surface area contributed by atoms with E-state index in [2.05, 4.69) is 5.32 Å². The maximum Gasteiger partial charge on any atom is 0.127 e. The van der Waals surface area contributed by atoms with Gasteiger partial charge in [0.15, 0.2) is 0 Å². The molecule has 122 valence electrons. The van der Waals surface area contributed by atoms with Crippen LogP contribution in [0, 0.1) is 0 Å². The third-order valence-corrected chi connectivity index (χ3v) is 3.73. The zero-order valence-electron chi connectivity index (χ0n) is 13.4. The molecule has 0 fully saturated rings. The van der Waals surface area contributed by atoms with Gasteiger partial charge in [0.05, 0.1) is 6.10 Å². The summed E-state index contributed by atoms with van der Waals surface area (Å²) in [5.41, 5.74) is 2.04. The summed E-state index contributed by atoms with van der Waals surface area (Å²) in [5, 5.41) is 13.4. The normalized spacial score (nSPS) is 11.9. The van der Waals surface area contributed by atoms with Gasteiger partial charge >= 0.3 is 0 Å². The van der Waals surface area contributed by atoms with Gasteiger partial charge in [-0.05, 0) is 35.4 Å². The highest BCUT2D eigenvalue weighted by Crippen LogP contribution is 2.21. The molecular weight excluding hydrogens is 298 g/mol. The Bertz CT molecular complexity index is 744. The van der Waals surface area contributed by atoms with Crippen LogP contribution in [-0.4, -0.2) is 11.7 Å². The van der Waals surface area contributed by atoms with E-state index in [1.807, 2.05) is 84.9 Å². The van der Waals surface area contributed by atoms with Crippen molar-refractivity contribution in [1.29, 1.82) is 0 Å². The number of benzene rings is 3. The third kappa shape index (κ3) is 4.69. The van der Waals surface area contributed by atoms with Crippen molar-refractivity contribution >= 4 is 0 Å². The van der Waals surface area contributed by atoms with Gasteiger partial charge in [-0.15, -0.1) is 0 Å². The average Bonchev–Trinajstić information content (AvgIpc) is 2.63. The SMILES string of the molecule is OC(CNCc1cccc(Oc2ccccc2)c1)c1ccccc1. The Kier molecular flexibility index (Phi) is 5.61. The van der Waals surface area contributed by atoms with Crippen LogP contribution in [0.25, 0.3) is 0 Å². The molecule has 3 rings (SSSR count). The van der Waals surface area contributed by atoms with Gasteiger partial charge in [0.1, 0.15) is 11.5 Å². The van der Waals surface area contributed by atoms with Crippen LogP contribution in [0.15, 0.2) is 84.9 Å². The molecule has 3 aromatic rings. The first-order chi connectivity index (χ1) is 11.8. The maximum atomic E-state index is 10.2. The summed E-state index contributed by atoms with van der Waals surface area (Å²) in [6.45, 7) is 1.18.